The molecule has 0 saturated heterocycles. The summed E-state index contributed by atoms with van der Waals surface area (Å²) in [5.41, 5.74) is 0.539. The molecule has 0 amide bonds. The molecule has 2 nitrogen and oxygen atoms in total. The lowest BCUT2D eigenvalue weighted by atomic mass is 10.2. The molecular weight excluding hydrogens is 316 g/mol. The first-order chi connectivity index (χ1) is 9.18. The minimum atomic E-state index is -0.656. The van der Waals surface area contributed by atoms with Crippen LogP contribution in [0.3, 0.4) is 0 Å². The average molecular weight is 325 g/mol. The van der Waals surface area contributed by atoms with Crippen LogP contribution in [-0.2, 0) is 11.4 Å². The highest BCUT2D eigenvalue weighted by Crippen LogP contribution is 2.15. The molecule has 0 heterocycles. The Morgan fingerprint density at radius 2 is 1.74 bits per heavy atom. The van der Waals surface area contributed by atoms with E-state index in [0.717, 1.165) is 4.47 Å². The topological polar surface area (TPSA) is 21.6 Å². The van der Waals surface area contributed by atoms with Gasteiger partial charge in [0.25, 0.3) is 0 Å². The van der Waals surface area contributed by atoms with E-state index in [-0.39, 0.29) is 12.2 Å². The summed E-state index contributed by atoms with van der Waals surface area (Å²) in [6, 6.07) is 10.9. The second-order valence-corrected chi connectivity index (χ2v) is 4.51. The van der Waals surface area contributed by atoms with Crippen LogP contribution in [0, 0.1) is 11.6 Å². The average Bonchev–Trinajstić information content (AvgIpc) is 2.39. The van der Waals surface area contributed by atoms with E-state index in [2.05, 4.69) is 27.3 Å². The summed E-state index contributed by atoms with van der Waals surface area (Å²) in [5.74, 6) is -1.31. The molecule has 97 valence electrons. The number of hydrogen-bond acceptors (Lipinski definition) is 2. The van der Waals surface area contributed by atoms with Gasteiger partial charge in [-0.3, -0.25) is 0 Å². The summed E-state index contributed by atoms with van der Waals surface area (Å²) in [6.45, 7) is -0.282. The first-order valence-electron chi connectivity index (χ1n) is 5.44. The molecule has 0 atom stereocenters. The van der Waals surface area contributed by atoms with Gasteiger partial charge < -0.3 is 4.84 Å². The maximum atomic E-state index is 13.3. The van der Waals surface area contributed by atoms with Crippen LogP contribution in [0.1, 0.15) is 11.1 Å². The molecule has 1 radical (unpaired) electrons. The van der Waals surface area contributed by atoms with Gasteiger partial charge in [0.15, 0.2) is 0 Å². The first-order valence-corrected chi connectivity index (χ1v) is 6.23. The summed E-state index contributed by atoms with van der Waals surface area (Å²) >= 11 is 3.32. The summed E-state index contributed by atoms with van der Waals surface area (Å²) in [5, 5.41) is 3.57. The first kappa shape index (κ1) is 13.7. The van der Waals surface area contributed by atoms with Gasteiger partial charge >= 0.3 is 0 Å². The Balaban J connectivity index is 1.99. The van der Waals surface area contributed by atoms with Gasteiger partial charge in [-0.25, -0.2) is 8.78 Å². The number of nitrogens with zero attached hydrogens (tertiary/aromatic N) is 1. The lowest BCUT2D eigenvalue weighted by Crippen LogP contribution is -1.96. The van der Waals surface area contributed by atoms with Crippen molar-refractivity contribution >= 4 is 22.1 Å². The van der Waals surface area contributed by atoms with Gasteiger partial charge in [0.05, 0.1) is 5.56 Å². The van der Waals surface area contributed by atoms with Gasteiger partial charge in [-0.1, -0.05) is 45.4 Å². The predicted molar refractivity (Wildman–Crippen MR) is 71.8 cm³/mol. The molecule has 2 aromatic rings. The third-order valence-corrected chi connectivity index (χ3v) is 3.07. The molecule has 0 bridgehead atoms. The zero-order chi connectivity index (χ0) is 13.7. The second kappa shape index (κ2) is 6.43. The second-order valence-electron chi connectivity index (χ2n) is 3.66. The van der Waals surface area contributed by atoms with E-state index in [0.29, 0.717) is 5.56 Å². The van der Waals surface area contributed by atoms with Crippen molar-refractivity contribution in [1.82, 2.24) is 0 Å². The molecule has 0 unspecified atom stereocenters. The lowest BCUT2D eigenvalue weighted by molar-refractivity contribution is 0.126. The van der Waals surface area contributed by atoms with E-state index in [1.165, 1.54) is 18.2 Å². The number of rotatable bonds is 4. The van der Waals surface area contributed by atoms with Gasteiger partial charge in [-0.05, 0) is 18.2 Å². The molecule has 0 fully saturated rings. The smallest absolute Gasteiger partial charge is 0.148 e. The summed E-state index contributed by atoms with van der Waals surface area (Å²) < 4.78 is 27.4. The van der Waals surface area contributed by atoms with Crippen molar-refractivity contribution in [2.45, 2.75) is 6.61 Å². The van der Waals surface area contributed by atoms with Gasteiger partial charge in [-0.2, -0.15) is 0 Å². The van der Waals surface area contributed by atoms with E-state index < -0.39 is 11.6 Å². The zero-order valence-corrected chi connectivity index (χ0v) is 11.3. The number of hydrogen-bond donors (Lipinski definition) is 0. The van der Waals surface area contributed by atoms with E-state index in [4.69, 9.17) is 4.84 Å². The Bertz CT molecular complexity index is 581. The number of halogens is 3. The lowest BCUT2D eigenvalue weighted by Gasteiger charge is -2.02. The van der Waals surface area contributed by atoms with Gasteiger partial charge in [0.1, 0.15) is 24.5 Å². The van der Waals surface area contributed by atoms with Crippen molar-refractivity contribution in [3.8, 4) is 0 Å². The van der Waals surface area contributed by atoms with Crippen molar-refractivity contribution in [2.24, 2.45) is 5.16 Å². The highest BCUT2D eigenvalue weighted by Gasteiger charge is 2.08. The molecule has 2 aromatic carbocycles. The van der Waals surface area contributed by atoms with Gasteiger partial charge in [0.2, 0.25) is 0 Å². The van der Waals surface area contributed by atoms with E-state index in [1.807, 2.05) is 18.2 Å². The van der Waals surface area contributed by atoms with Crippen molar-refractivity contribution in [2.75, 3.05) is 0 Å². The molecule has 0 saturated carbocycles. The van der Waals surface area contributed by atoms with Crippen molar-refractivity contribution in [3.63, 3.8) is 0 Å². The van der Waals surface area contributed by atoms with Crippen LogP contribution in [0.15, 0.2) is 52.1 Å². The van der Waals surface area contributed by atoms with E-state index >= 15 is 0 Å². The van der Waals surface area contributed by atoms with Crippen LogP contribution in [0.4, 0.5) is 8.78 Å². The molecule has 0 aliphatic heterocycles. The Kier molecular flexibility index (Phi) is 4.63. The Labute approximate surface area is 117 Å². The van der Waals surface area contributed by atoms with E-state index in [1.54, 1.807) is 6.07 Å². The molecule has 0 aliphatic carbocycles. The monoisotopic (exact) mass is 324 g/mol. The maximum absolute atomic E-state index is 13.3. The Hall–Kier alpha value is -1.75. The molecule has 0 aliphatic rings. The zero-order valence-electron chi connectivity index (χ0n) is 9.74. The van der Waals surface area contributed by atoms with Crippen LogP contribution in [0.25, 0.3) is 0 Å². The van der Waals surface area contributed by atoms with Crippen LogP contribution in [0.2, 0.25) is 0 Å². The summed E-state index contributed by atoms with van der Waals surface area (Å²) in [6.07, 6.45) is 2.63. The molecule has 0 aromatic heterocycles. The Morgan fingerprint density at radius 1 is 1.05 bits per heavy atom. The maximum Gasteiger partial charge on any atom is 0.148 e. The van der Waals surface area contributed by atoms with Gasteiger partial charge in [0, 0.05) is 10.0 Å². The number of benzene rings is 2. The fraction of sp³-hybridized carbons (Fsp3) is 0.0714. The fourth-order valence-corrected chi connectivity index (χ4v) is 1.77. The van der Waals surface area contributed by atoms with Crippen LogP contribution in [-0.4, -0.2) is 6.21 Å². The highest BCUT2D eigenvalue weighted by molar-refractivity contribution is 9.10. The van der Waals surface area contributed by atoms with Crippen molar-refractivity contribution in [3.05, 3.63) is 69.7 Å². The van der Waals surface area contributed by atoms with E-state index in [9.17, 15) is 8.78 Å². The molecule has 5 heteroatoms. The third kappa shape index (κ3) is 3.61. The molecule has 0 spiro atoms. The standard InChI is InChI=1S/C14H9BrF2NO/c15-12-5-2-1-4-10(12)8-18-19-9-11-13(16)6-3-7-14(11)17/h1-7H,9H2. The Morgan fingerprint density at radius 3 is 2.42 bits per heavy atom. The largest absolute Gasteiger partial charge is 0.390 e. The molecule has 0 N–H and O–H groups in total. The van der Waals surface area contributed by atoms with Crippen LogP contribution >= 0.6 is 15.9 Å². The summed E-state index contributed by atoms with van der Waals surface area (Å²) in [4.78, 5) is 4.85. The predicted octanol–water partition coefficient (Wildman–Crippen LogP) is 4.16. The van der Waals surface area contributed by atoms with Crippen LogP contribution in [0.5, 0.6) is 0 Å². The van der Waals surface area contributed by atoms with Crippen LogP contribution < -0.4 is 0 Å². The fourth-order valence-electron chi connectivity index (χ4n) is 1.40. The SMILES string of the molecule is Fc1cccc(F)c1CO/N=[C]\c1ccccc1Br. The molecule has 19 heavy (non-hydrogen) atoms. The van der Waals surface area contributed by atoms with Crippen molar-refractivity contribution < 1.29 is 13.6 Å². The summed E-state index contributed by atoms with van der Waals surface area (Å²) in [7, 11) is 0. The van der Waals surface area contributed by atoms with Gasteiger partial charge in [-0.15, -0.1) is 0 Å². The minimum absolute atomic E-state index is 0.153. The highest BCUT2D eigenvalue weighted by atomic mass is 79.9. The molecule has 2 rings (SSSR count). The third-order valence-electron chi connectivity index (χ3n) is 2.38. The quantitative estimate of drug-likeness (QED) is 0.611. The normalized spacial score (nSPS) is 10.9. The molecular formula is C14H9BrF2NO. The van der Waals surface area contributed by atoms with Crippen molar-refractivity contribution in [1.29, 1.82) is 0 Å². The minimum Gasteiger partial charge on any atom is -0.390 e.